The second kappa shape index (κ2) is 4.68. The molecule has 0 saturated heterocycles. The summed E-state index contributed by atoms with van der Waals surface area (Å²) in [4.78, 5) is 12.6. The number of fused-ring (bicyclic) bond motifs is 1. The Bertz CT molecular complexity index is 476. The van der Waals surface area contributed by atoms with Crippen LogP contribution >= 0.6 is 11.6 Å². The summed E-state index contributed by atoms with van der Waals surface area (Å²) in [5.74, 6) is -0.754. The molecule has 2 rings (SSSR count). The van der Waals surface area contributed by atoms with Gasteiger partial charge in [-0.2, -0.15) is 13.2 Å². The predicted molar refractivity (Wildman–Crippen MR) is 60.0 cm³/mol. The Balaban J connectivity index is 2.28. The van der Waals surface area contributed by atoms with Crippen molar-refractivity contribution in [2.45, 2.75) is 12.6 Å². The van der Waals surface area contributed by atoms with Gasteiger partial charge in [0.1, 0.15) is 13.0 Å². The fraction of sp³-hybridized carbons (Fsp3) is 0.364. The van der Waals surface area contributed by atoms with Gasteiger partial charge in [0.05, 0.1) is 17.3 Å². The van der Waals surface area contributed by atoms with Crippen LogP contribution in [0.5, 0.6) is 5.75 Å². The third-order valence-corrected chi connectivity index (χ3v) is 2.75. The first-order chi connectivity index (χ1) is 8.38. The predicted octanol–water partition coefficient (Wildman–Crippen LogP) is 3.02. The molecule has 18 heavy (non-hydrogen) atoms. The monoisotopic (exact) mass is 279 g/mol. The van der Waals surface area contributed by atoms with Crippen molar-refractivity contribution in [2.24, 2.45) is 0 Å². The van der Waals surface area contributed by atoms with E-state index in [4.69, 9.17) is 16.3 Å². The zero-order chi connectivity index (χ0) is 13.3. The molecule has 0 saturated carbocycles. The zero-order valence-electron chi connectivity index (χ0n) is 9.13. The third kappa shape index (κ3) is 2.69. The summed E-state index contributed by atoms with van der Waals surface area (Å²) in [5, 5.41) is 0.275. The highest BCUT2D eigenvalue weighted by molar-refractivity contribution is 6.32. The molecule has 0 unspecified atom stereocenters. The van der Waals surface area contributed by atoms with E-state index in [1.54, 1.807) is 12.1 Å². The van der Waals surface area contributed by atoms with Gasteiger partial charge in [-0.05, 0) is 12.1 Å². The molecular formula is C11H9ClF3NO2. The van der Waals surface area contributed by atoms with E-state index in [0.717, 1.165) is 4.90 Å². The fourth-order valence-corrected chi connectivity index (χ4v) is 1.96. The highest BCUT2D eigenvalue weighted by atomic mass is 35.5. The Kier molecular flexibility index (Phi) is 3.38. The highest BCUT2D eigenvalue weighted by Gasteiger charge is 2.35. The zero-order valence-corrected chi connectivity index (χ0v) is 9.88. The summed E-state index contributed by atoms with van der Waals surface area (Å²) in [5.41, 5.74) is 0.281. The molecular weight excluding hydrogens is 271 g/mol. The van der Waals surface area contributed by atoms with Gasteiger partial charge in [0.25, 0.3) is 0 Å². The number of nitrogens with zero attached hydrogens (tertiary/aromatic N) is 1. The summed E-state index contributed by atoms with van der Waals surface area (Å²) < 4.78 is 41.9. The lowest BCUT2D eigenvalue weighted by atomic mass is 10.2. The van der Waals surface area contributed by atoms with Gasteiger partial charge in [-0.3, -0.25) is 4.79 Å². The molecule has 0 fully saturated rings. The number of para-hydroxylation sites is 1. The Labute approximate surface area is 106 Å². The van der Waals surface area contributed by atoms with Crippen molar-refractivity contribution in [3.05, 3.63) is 23.2 Å². The number of benzene rings is 1. The van der Waals surface area contributed by atoms with E-state index in [-0.39, 0.29) is 29.6 Å². The van der Waals surface area contributed by atoms with Crippen molar-refractivity contribution in [3.63, 3.8) is 0 Å². The van der Waals surface area contributed by atoms with Crippen LogP contribution in [-0.4, -0.2) is 25.2 Å². The standard InChI is InChI=1S/C11H9ClF3NO2/c12-7-2-1-3-8-10(7)18-5-4-16(8)9(17)6-11(13,14)15/h1-3H,4-6H2. The molecule has 0 spiro atoms. The van der Waals surface area contributed by atoms with Crippen molar-refractivity contribution in [1.82, 2.24) is 0 Å². The largest absolute Gasteiger partial charge is 0.488 e. The molecule has 1 heterocycles. The average molecular weight is 280 g/mol. The Morgan fingerprint density at radius 1 is 1.44 bits per heavy atom. The first-order valence-electron chi connectivity index (χ1n) is 5.17. The minimum absolute atomic E-state index is 0.0856. The minimum Gasteiger partial charge on any atom is -0.488 e. The van der Waals surface area contributed by atoms with Crippen LogP contribution in [0.15, 0.2) is 18.2 Å². The van der Waals surface area contributed by atoms with E-state index < -0.39 is 18.5 Å². The summed E-state index contributed by atoms with van der Waals surface area (Å²) in [7, 11) is 0. The molecule has 7 heteroatoms. The van der Waals surface area contributed by atoms with E-state index >= 15 is 0 Å². The molecule has 1 amide bonds. The normalized spacial score (nSPS) is 15.0. The van der Waals surface area contributed by atoms with Gasteiger partial charge in [-0.25, -0.2) is 0 Å². The maximum Gasteiger partial charge on any atom is 0.397 e. The third-order valence-electron chi connectivity index (χ3n) is 2.45. The molecule has 1 aliphatic rings. The lowest BCUT2D eigenvalue weighted by Gasteiger charge is -2.30. The molecule has 1 aromatic carbocycles. The van der Waals surface area contributed by atoms with Gasteiger partial charge >= 0.3 is 6.18 Å². The lowest BCUT2D eigenvalue weighted by Crippen LogP contribution is -2.40. The van der Waals surface area contributed by atoms with E-state index in [0.29, 0.717) is 0 Å². The van der Waals surface area contributed by atoms with Crippen LogP contribution < -0.4 is 9.64 Å². The van der Waals surface area contributed by atoms with E-state index in [1.807, 2.05) is 0 Å². The number of rotatable bonds is 1. The average Bonchev–Trinajstić information content (AvgIpc) is 2.26. The number of amides is 1. The van der Waals surface area contributed by atoms with Crippen molar-refractivity contribution in [2.75, 3.05) is 18.1 Å². The lowest BCUT2D eigenvalue weighted by molar-refractivity contribution is -0.152. The molecule has 0 aromatic heterocycles. The van der Waals surface area contributed by atoms with Gasteiger partial charge in [0.15, 0.2) is 5.75 Å². The quantitative estimate of drug-likeness (QED) is 0.791. The van der Waals surface area contributed by atoms with Gasteiger partial charge < -0.3 is 9.64 Å². The Morgan fingerprint density at radius 2 is 2.17 bits per heavy atom. The molecule has 1 aliphatic heterocycles. The number of carbonyl (C=O) groups excluding carboxylic acids is 1. The van der Waals surface area contributed by atoms with Crippen molar-refractivity contribution < 1.29 is 22.7 Å². The van der Waals surface area contributed by atoms with Crippen LogP contribution in [0.1, 0.15) is 6.42 Å². The SMILES string of the molecule is O=C(CC(F)(F)F)N1CCOc2c(Cl)cccc21. The molecule has 98 valence electrons. The number of anilines is 1. The van der Waals surface area contributed by atoms with Gasteiger partial charge in [0, 0.05) is 0 Å². The van der Waals surface area contributed by atoms with E-state index in [2.05, 4.69) is 0 Å². The second-order valence-electron chi connectivity index (χ2n) is 3.77. The molecule has 0 N–H and O–H groups in total. The van der Waals surface area contributed by atoms with Crippen LogP contribution in [0.25, 0.3) is 0 Å². The smallest absolute Gasteiger partial charge is 0.397 e. The van der Waals surface area contributed by atoms with Crippen molar-refractivity contribution in [1.29, 1.82) is 0 Å². The first kappa shape index (κ1) is 13.0. The molecule has 3 nitrogen and oxygen atoms in total. The summed E-state index contributed by atoms with van der Waals surface area (Å²) >= 11 is 5.86. The molecule has 0 aliphatic carbocycles. The maximum absolute atomic E-state index is 12.2. The van der Waals surface area contributed by atoms with Gasteiger partial charge in [-0.1, -0.05) is 17.7 Å². The van der Waals surface area contributed by atoms with Crippen LogP contribution in [0.2, 0.25) is 5.02 Å². The van der Waals surface area contributed by atoms with Crippen molar-refractivity contribution in [3.8, 4) is 5.75 Å². The molecule has 0 atom stereocenters. The molecule has 1 aromatic rings. The van der Waals surface area contributed by atoms with Crippen LogP contribution in [0, 0.1) is 0 Å². The van der Waals surface area contributed by atoms with Gasteiger partial charge in [-0.15, -0.1) is 0 Å². The van der Waals surface area contributed by atoms with Gasteiger partial charge in [0.2, 0.25) is 5.91 Å². The first-order valence-corrected chi connectivity index (χ1v) is 5.55. The summed E-state index contributed by atoms with van der Waals surface area (Å²) in [6, 6.07) is 4.62. The summed E-state index contributed by atoms with van der Waals surface area (Å²) in [6.07, 6.45) is -6.01. The minimum atomic E-state index is -4.52. The number of halogens is 4. The summed E-state index contributed by atoms with van der Waals surface area (Å²) in [6.45, 7) is 0.211. The van der Waals surface area contributed by atoms with Crippen LogP contribution in [0.3, 0.4) is 0 Å². The Hall–Kier alpha value is -1.43. The van der Waals surface area contributed by atoms with Crippen LogP contribution in [-0.2, 0) is 4.79 Å². The van der Waals surface area contributed by atoms with Crippen molar-refractivity contribution >= 4 is 23.2 Å². The van der Waals surface area contributed by atoms with E-state index in [1.165, 1.54) is 6.07 Å². The number of ether oxygens (including phenoxy) is 1. The fourth-order valence-electron chi connectivity index (χ4n) is 1.74. The van der Waals surface area contributed by atoms with Crippen LogP contribution in [0.4, 0.5) is 18.9 Å². The highest BCUT2D eigenvalue weighted by Crippen LogP contribution is 2.38. The van der Waals surface area contributed by atoms with E-state index in [9.17, 15) is 18.0 Å². The Morgan fingerprint density at radius 3 is 2.83 bits per heavy atom. The number of carbonyl (C=O) groups is 1. The number of hydrogen-bond donors (Lipinski definition) is 0. The number of hydrogen-bond acceptors (Lipinski definition) is 2. The second-order valence-corrected chi connectivity index (χ2v) is 4.18. The topological polar surface area (TPSA) is 29.5 Å². The number of alkyl halides is 3. The maximum atomic E-state index is 12.2. The molecule has 0 bridgehead atoms. The molecule has 0 radical (unpaired) electrons.